The third-order valence-electron chi connectivity index (χ3n) is 5.59. The van der Waals surface area contributed by atoms with Gasteiger partial charge in [0.1, 0.15) is 29.5 Å². The summed E-state index contributed by atoms with van der Waals surface area (Å²) >= 11 is 0. The van der Waals surface area contributed by atoms with Gasteiger partial charge in [0.15, 0.2) is 0 Å². The first-order valence-electron chi connectivity index (χ1n) is 12.7. The van der Waals surface area contributed by atoms with Crippen LogP contribution in [0.3, 0.4) is 0 Å². The number of nitrogens with zero attached hydrogens (tertiary/aromatic N) is 1. The number of carbonyl (C=O) groups excluding carboxylic acids is 3. The summed E-state index contributed by atoms with van der Waals surface area (Å²) < 4.78 is 29.1. The number of rotatable bonds is 6. The molecule has 1 aliphatic heterocycles. The second-order valence-corrected chi connectivity index (χ2v) is 11.2. The molecule has 9 heteroatoms. The number of cyclic esters (lactones) is 1. The molecule has 1 heterocycles. The molecule has 2 amide bonds. The summed E-state index contributed by atoms with van der Waals surface area (Å²) in [7, 11) is 0. The van der Waals surface area contributed by atoms with Crippen LogP contribution in [0.25, 0.3) is 0 Å². The van der Waals surface area contributed by atoms with Crippen molar-refractivity contribution in [3.05, 3.63) is 24.8 Å². The molecule has 0 aromatic heterocycles. The van der Waals surface area contributed by atoms with E-state index in [1.165, 1.54) is 0 Å². The molecule has 0 aromatic rings. The van der Waals surface area contributed by atoms with Gasteiger partial charge in [-0.3, -0.25) is 0 Å². The number of imide groups is 1. The molecule has 5 atom stereocenters. The maximum atomic E-state index is 13.4. The summed E-state index contributed by atoms with van der Waals surface area (Å²) in [4.78, 5) is 40.4. The number of ether oxygens (including phenoxy) is 5. The number of hydrogen-bond acceptors (Lipinski definition) is 8. The van der Waals surface area contributed by atoms with Crippen LogP contribution < -0.4 is 0 Å². The third kappa shape index (κ3) is 9.24. The third-order valence-corrected chi connectivity index (χ3v) is 5.59. The molecule has 0 aromatic carbocycles. The fourth-order valence-corrected chi connectivity index (χ4v) is 4.10. The highest BCUT2D eigenvalue weighted by molar-refractivity contribution is 5.94. The Balaban J connectivity index is 2.35. The van der Waals surface area contributed by atoms with E-state index < -0.39 is 47.6 Å². The first-order valence-corrected chi connectivity index (χ1v) is 12.7. The van der Waals surface area contributed by atoms with E-state index in [1.54, 1.807) is 54.5 Å². The smallest absolute Gasteiger partial charge is 0.420 e. The molecule has 0 saturated carbocycles. The van der Waals surface area contributed by atoms with Crippen molar-refractivity contribution in [2.24, 2.45) is 0 Å². The summed E-state index contributed by atoms with van der Waals surface area (Å²) in [5, 5.41) is 0. The molecule has 0 spiro atoms. The van der Waals surface area contributed by atoms with Gasteiger partial charge in [0.25, 0.3) is 0 Å². The maximum Gasteiger partial charge on any atom is 0.420 e. The van der Waals surface area contributed by atoms with E-state index in [4.69, 9.17) is 23.7 Å². The Labute approximate surface area is 215 Å². The lowest BCUT2D eigenvalue weighted by atomic mass is 10.0. The van der Waals surface area contributed by atoms with Crippen molar-refractivity contribution in [1.29, 1.82) is 0 Å². The van der Waals surface area contributed by atoms with Gasteiger partial charge in [0.2, 0.25) is 0 Å². The zero-order chi connectivity index (χ0) is 27.1. The lowest BCUT2D eigenvalue weighted by molar-refractivity contribution is -0.173. The van der Waals surface area contributed by atoms with E-state index in [1.807, 2.05) is 6.08 Å². The first kappa shape index (κ1) is 29.8. The zero-order valence-corrected chi connectivity index (χ0v) is 22.8. The van der Waals surface area contributed by atoms with Crippen LogP contribution in [0.1, 0.15) is 80.6 Å². The van der Waals surface area contributed by atoms with Crippen molar-refractivity contribution in [2.45, 2.75) is 122 Å². The molecule has 36 heavy (non-hydrogen) atoms. The first-order chi connectivity index (χ1) is 16.7. The van der Waals surface area contributed by atoms with Crippen LogP contribution in [0.15, 0.2) is 24.8 Å². The monoisotopic (exact) mass is 509 g/mol. The Morgan fingerprint density at radius 3 is 2.19 bits per heavy atom. The molecule has 0 radical (unpaired) electrons. The van der Waals surface area contributed by atoms with Crippen LogP contribution in [0, 0.1) is 0 Å². The Bertz CT molecular complexity index is 782. The van der Waals surface area contributed by atoms with Crippen molar-refractivity contribution < 1.29 is 38.1 Å². The number of allylic oxidation sites excluding steroid dienone is 1. The van der Waals surface area contributed by atoms with Crippen LogP contribution in [0.2, 0.25) is 0 Å². The lowest BCUT2D eigenvalue weighted by Gasteiger charge is -2.33. The molecule has 1 fully saturated rings. The molecule has 9 nitrogen and oxygen atoms in total. The SMILES string of the molecule is C=CCO[C@H]1CCC[C@H](N(C(=O)OC(C)(C)C)C(=O)OC(C)(C)C)C(=O)O[C@@H](C)[C@@H]1OC1C=CCC1. The van der Waals surface area contributed by atoms with Gasteiger partial charge in [-0.05, 0) is 80.6 Å². The van der Waals surface area contributed by atoms with E-state index in [0.29, 0.717) is 19.4 Å². The minimum atomic E-state index is -1.22. The number of hydrogen-bond donors (Lipinski definition) is 0. The molecular formula is C27H43NO8. The fraction of sp³-hybridized carbons (Fsp3) is 0.741. The quantitative estimate of drug-likeness (QED) is 0.269. The largest absolute Gasteiger partial charge is 0.458 e. The van der Waals surface area contributed by atoms with Gasteiger partial charge >= 0.3 is 18.2 Å². The zero-order valence-electron chi connectivity index (χ0n) is 22.8. The van der Waals surface area contributed by atoms with Crippen molar-refractivity contribution in [3.63, 3.8) is 0 Å². The standard InChI is InChI=1S/C27H43NO8/c1-9-17-32-21-16-12-15-20(23(29)33-18(2)22(21)34-19-13-10-11-14-19)28(24(30)35-26(3,4)5)25(31)36-27(6,7)8/h9-10,13,18-22H,1,11-12,14-17H2,2-8H3/t18-,19?,20-,21-,22-/m0/s1. The fourth-order valence-electron chi connectivity index (χ4n) is 4.10. The predicted molar refractivity (Wildman–Crippen MR) is 134 cm³/mol. The van der Waals surface area contributed by atoms with Crippen molar-refractivity contribution in [3.8, 4) is 0 Å². The average Bonchev–Trinajstić information content (AvgIpc) is 3.24. The summed E-state index contributed by atoms with van der Waals surface area (Å²) in [5.41, 5.74) is -1.77. The summed E-state index contributed by atoms with van der Waals surface area (Å²) in [6.45, 7) is 15.9. The highest BCUT2D eigenvalue weighted by Crippen LogP contribution is 2.28. The van der Waals surface area contributed by atoms with Gasteiger partial charge in [-0.2, -0.15) is 4.90 Å². The predicted octanol–water partition coefficient (Wildman–Crippen LogP) is 5.32. The van der Waals surface area contributed by atoms with Gasteiger partial charge in [-0.15, -0.1) is 6.58 Å². The van der Waals surface area contributed by atoms with Gasteiger partial charge in [-0.1, -0.05) is 18.2 Å². The highest BCUT2D eigenvalue weighted by atomic mass is 16.6. The minimum Gasteiger partial charge on any atom is -0.458 e. The van der Waals surface area contributed by atoms with Crippen LogP contribution in [0.4, 0.5) is 9.59 Å². The van der Waals surface area contributed by atoms with E-state index >= 15 is 0 Å². The second-order valence-electron chi connectivity index (χ2n) is 11.2. The van der Waals surface area contributed by atoms with E-state index in [2.05, 4.69) is 12.7 Å². The van der Waals surface area contributed by atoms with E-state index in [0.717, 1.165) is 17.7 Å². The second kappa shape index (κ2) is 12.7. The molecular weight excluding hydrogens is 466 g/mol. The topological polar surface area (TPSA) is 101 Å². The molecule has 0 bridgehead atoms. The van der Waals surface area contributed by atoms with Crippen LogP contribution in [-0.2, 0) is 28.5 Å². The molecule has 1 saturated heterocycles. The number of esters is 1. The van der Waals surface area contributed by atoms with Crippen LogP contribution >= 0.6 is 0 Å². The van der Waals surface area contributed by atoms with Gasteiger partial charge in [0.05, 0.1) is 18.8 Å². The summed E-state index contributed by atoms with van der Waals surface area (Å²) in [6, 6.07) is -1.22. The van der Waals surface area contributed by atoms with Gasteiger partial charge in [0, 0.05) is 0 Å². The van der Waals surface area contributed by atoms with Crippen molar-refractivity contribution in [2.75, 3.05) is 6.61 Å². The maximum absolute atomic E-state index is 13.4. The van der Waals surface area contributed by atoms with E-state index in [-0.39, 0.29) is 18.6 Å². The normalized spacial score (nSPS) is 27.3. The molecule has 1 aliphatic carbocycles. The number of amides is 2. The number of carbonyl (C=O) groups is 3. The van der Waals surface area contributed by atoms with E-state index in [9.17, 15) is 14.4 Å². The minimum absolute atomic E-state index is 0.0949. The average molecular weight is 510 g/mol. The molecule has 204 valence electrons. The van der Waals surface area contributed by atoms with Crippen LogP contribution in [0.5, 0.6) is 0 Å². The summed E-state index contributed by atoms with van der Waals surface area (Å²) in [5.74, 6) is -0.723. The summed E-state index contributed by atoms with van der Waals surface area (Å²) in [6.07, 6.45) is 5.04. The Hall–Kier alpha value is -2.39. The Morgan fingerprint density at radius 1 is 1.08 bits per heavy atom. The molecule has 2 rings (SSSR count). The van der Waals surface area contributed by atoms with Crippen molar-refractivity contribution in [1.82, 2.24) is 4.90 Å². The molecule has 0 N–H and O–H groups in total. The molecule has 2 aliphatic rings. The van der Waals surface area contributed by atoms with Gasteiger partial charge < -0.3 is 23.7 Å². The lowest BCUT2D eigenvalue weighted by Crippen LogP contribution is -2.53. The Kier molecular flexibility index (Phi) is 10.5. The van der Waals surface area contributed by atoms with Gasteiger partial charge in [-0.25, -0.2) is 14.4 Å². The Morgan fingerprint density at radius 2 is 1.69 bits per heavy atom. The highest BCUT2D eigenvalue weighted by Gasteiger charge is 2.44. The van der Waals surface area contributed by atoms with Crippen molar-refractivity contribution >= 4 is 18.2 Å². The van der Waals surface area contributed by atoms with Crippen LogP contribution in [-0.4, -0.2) is 71.3 Å². The molecule has 1 unspecified atom stereocenters.